The third kappa shape index (κ3) is 3.76. The second-order valence-corrected chi connectivity index (χ2v) is 6.58. The number of hydrogen-bond donors (Lipinski definition) is 1. The molecule has 1 fully saturated rings. The van der Waals surface area contributed by atoms with Crippen LogP contribution in [0.5, 0.6) is 0 Å². The summed E-state index contributed by atoms with van der Waals surface area (Å²) in [4.78, 5) is 16.7. The van der Waals surface area contributed by atoms with E-state index in [1.807, 2.05) is 29.2 Å². The Bertz CT molecular complexity index is 483. The second kappa shape index (κ2) is 6.48. The highest BCUT2D eigenvalue weighted by atomic mass is 16.2. The molecule has 1 aromatic carbocycles. The molecule has 2 rings (SSSR count). The fraction of sp³-hybridized carbons (Fsp3) is 0.588. The van der Waals surface area contributed by atoms with Gasteiger partial charge in [-0.3, -0.25) is 4.79 Å². The number of nitrogens with two attached hydrogens (primary N) is 1. The van der Waals surface area contributed by atoms with Crippen LogP contribution in [0, 0.1) is 5.92 Å². The summed E-state index contributed by atoms with van der Waals surface area (Å²) in [7, 11) is 4.18. The number of rotatable bonds is 4. The molecular weight excluding hydrogens is 262 g/mol. The van der Waals surface area contributed by atoms with E-state index in [0.717, 1.165) is 18.8 Å². The van der Waals surface area contributed by atoms with Crippen LogP contribution in [-0.2, 0) is 4.79 Å². The lowest BCUT2D eigenvalue weighted by atomic mass is 9.97. The molecule has 0 radical (unpaired) electrons. The summed E-state index contributed by atoms with van der Waals surface area (Å²) < 4.78 is 0. The van der Waals surface area contributed by atoms with Crippen molar-refractivity contribution in [3.8, 4) is 0 Å². The Morgan fingerprint density at radius 3 is 2.48 bits per heavy atom. The number of hydrogen-bond acceptors (Lipinski definition) is 3. The van der Waals surface area contributed by atoms with Crippen molar-refractivity contribution in [3.63, 3.8) is 0 Å². The molecule has 1 aliphatic heterocycles. The first-order valence-corrected chi connectivity index (χ1v) is 7.68. The monoisotopic (exact) mass is 289 g/mol. The molecule has 1 aliphatic rings. The lowest BCUT2D eigenvalue weighted by Gasteiger charge is -2.23. The van der Waals surface area contributed by atoms with Gasteiger partial charge in [0.1, 0.15) is 0 Å². The van der Waals surface area contributed by atoms with E-state index in [1.165, 1.54) is 5.56 Å². The van der Waals surface area contributed by atoms with Gasteiger partial charge in [0.15, 0.2) is 0 Å². The average molecular weight is 289 g/mol. The molecular formula is C17H27N3O. The summed E-state index contributed by atoms with van der Waals surface area (Å²) in [5, 5.41) is 0. The molecule has 1 amide bonds. The van der Waals surface area contributed by atoms with Gasteiger partial charge in [0.05, 0.1) is 0 Å². The van der Waals surface area contributed by atoms with E-state index in [1.54, 1.807) is 0 Å². The van der Waals surface area contributed by atoms with Gasteiger partial charge in [-0.1, -0.05) is 26.0 Å². The SMILES string of the molecule is CC(CC(=O)N1CC(C)C(N(C)C)C1)c1ccc(N)cc1. The van der Waals surface area contributed by atoms with Gasteiger partial charge in [0.2, 0.25) is 5.91 Å². The van der Waals surface area contributed by atoms with E-state index in [9.17, 15) is 4.79 Å². The van der Waals surface area contributed by atoms with E-state index in [-0.39, 0.29) is 11.8 Å². The molecule has 1 saturated heterocycles. The summed E-state index contributed by atoms with van der Waals surface area (Å²) in [6.07, 6.45) is 0.566. The van der Waals surface area contributed by atoms with E-state index < -0.39 is 0 Å². The normalized spacial score (nSPS) is 23.6. The predicted octanol–water partition coefficient (Wildman–Crippen LogP) is 2.17. The van der Waals surface area contributed by atoms with Gasteiger partial charge >= 0.3 is 0 Å². The first-order chi connectivity index (χ1) is 9.88. The first kappa shape index (κ1) is 15.8. The Kier molecular flexibility index (Phi) is 4.88. The van der Waals surface area contributed by atoms with Gasteiger partial charge in [-0.15, -0.1) is 0 Å². The Morgan fingerprint density at radius 2 is 1.95 bits per heavy atom. The number of amides is 1. The van der Waals surface area contributed by atoms with Crippen LogP contribution >= 0.6 is 0 Å². The largest absolute Gasteiger partial charge is 0.399 e. The van der Waals surface area contributed by atoms with Crippen LogP contribution in [0.1, 0.15) is 31.7 Å². The van der Waals surface area contributed by atoms with Crippen LogP contribution < -0.4 is 5.73 Å². The van der Waals surface area contributed by atoms with Gasteiger partial charge in [0.25, 0.3) is 0 Å². The first-order valence-electron chi connectivity index (χ1n) is 7.68. The van der Waals surface area contributed by atoms with Gasteiger partial charge in [-0.2, -0.15) is 0 Å². The quantitative estimate of drug-likeness (QED) is 0.864. The zero-order valence-corrected chi connectivity index (χ0v) is 13.5. The molecule has 0 saturated carbocycles. The summed E-state index contributed by atoms with van der Waals surface area (Å²) >= 11 is 0. The Balaban J connectivity index is 1.94. The number of anilines is 1. The Labute approximate surface area is 127 Å². The molecule has 116 valence electrons. The summed E-state index contributed by atoms with van der Waals surface area (Å²) in [5.74, 6) is 1.03. The fourth-order valence-corrected chi connectivity index (χ4v) is 3.16. The molecule has 0 bridgehead atoms. The van der Waals surface area contributed by atoms with Crippen molar-refractivity contribution in [2.45, 2.75) is 32.2 Å². The maximum atomic E-state index is 12.5. The minimum absolute atomic E-state index is 0.229. The van der Waals surface area contributed by atoms with E-state index in [0.29, 0.717) is 18.4 Å². The zero-order valence-electron chi connectivity index (χ0n) is 13.5. The van der Waals surface area contributed by atoms with Crippen LogP contribution in [-0.4, -0.2) is 48.9 Å². The van der Waals surface area contributed by atoms with Crippen LogP contribution in [0.4, 0.5) is 5.69 Å². The lowest BCUT2D eigenvalue weighted by molar-refractivity contribution is -0.130. The number of benzene rings is 1. The Morgan fingerprint density at radius 1 is 1.33 bits per heavy atom. The molecule has 1 aromatic rings. The number of carbonyl (C=O) groups is 1. The Hall–Kier alpha value is -1.55. The van der Waals surface area contributed by atoms with Crippen LogP contribution in [0.25, 0.3) is 0 Å². The molecule has 2 N–H and O–H groups in total. The highest BCUT2D eigenvalue weighted by Gasteiger charge is 2.33. The summed E-state index contributed by atoms with van der Waals surface area (Å²) in [5.41, 5.74) is 7.65. The number of likely N-dealkylation sites (N-methyl/N-ethyl adjacent to an activating group) is 1. The number of likely N-dealkylation sites (tertiary alicyclic amines) is 1. The standard InChI is InChI=1S/C17H27N3O/c1-12(14-5-7-15(18)8-6-14)9-17(21)20-10-13(2)16(11-20)19(3)4/h5-8,12-13,16H,9-11,18H2,1-4H3. The van der Waals surface area contributed by atoms with E-state index >= 15 is 0 Å². The van der Waals surface area contributed by atoms with Crippen LogP contribution in [0.15, 0.2) is 24.3 Å². The lowest BCUT2D eigenvalue weighted by Crippen LogP contribution is -2.36. The molecule has 4 nitrogen and oxygen atoms in total. The van der Waals surface area contributed by atoms with Crippen LogP contribution in [0.2, 0.25) is 0 Å². The fourth-order valence-electron chi connectivity index (χ4n) is 3.16. The van der Waals surface area contributed by atoms with Crippen molar-refractivity contribution in [3.05, 3.63) is 29.8 Å². The molecule has 1 heterocycles. The summed E-state index contributed by atoms with van der Waals surface area (Å²) in [6.45, 7) is 6.05. The van der Waals surface area contributed by atoms with Crippen molar-refractivity contribution in [1.82, 2.24) is 9.80 Å². The smallest absolute Gasteiger partial charge is 0.223 e. The molecule has 21 heavy (non-hydrogen) atoms. The highest BCUT2D eigenvalue weighted by molar-refractivity contribution is 5.77. The van der Waals surface area contributed by atoms with E-state index in [4.69, 9.17) is 5.73 Å². The molecule has 0 spiro atoms. The molecule has 3 unspecified atom stereocenters. The minimum atomic E-state index is 0.229. The number of nitrogen functional groups attached to an aromatic ring is 1. The predicted molar refractivity (Wildman–Crippen MR) is 87.1 cm³/mol. The van der Waals surface area contributed by atoms with Gasteiger partial charge in [-0.25, -0.2) is 0 Å². The number of carbonyl (C=O) groups excluding carboxylic acids is 1. The average Bonchev–Trinajstić information content (AvgIpc) is 2.81. The van der Waals surface area contributed by atoms with Gasteiger partial charge in [0, 0.05) is 31.2 Å². The molecule has 0 aliphatic carbocycles. The van der Waals surface area contributed by atoms with Crippen molar-refractivity contribution in [1.29, 1.82) is 0 Å². The zero-order chi connectivity index (χ0) is 15.6. The van der Waals surface area contributed by atoms with Crippen molar-refractivity contribution in [2.24, 2.45) is 5.92 Å². The molecule has 0 aromatic heterocycles. The van der Waals surface area contributed by atoms with Crippen LogP contribution in [0.3, 0.4) is 0 Å². The van der Waals surface area contributed by atoms with Crippen molar-refractivity contribution >= 4 is 11.6 Å². The van der Waals surface area contributed by atoms with E-state index in [2.05, 4.69) is 32.8 Å². The van der Waals surface area contributed by atoms with Gasteiger partial charge in [-0.05, 0) is 43.6 Å². The third-order valence-electron chi connectivity index (χ3n) is 4.57. The van der Waals surface area contributed by atoms with Crippen molar-refractivity contribution in [2.75, 3.05) is 32.9 Å². The number of nitrogens with zero attached hydrogens (tertiary/aromatic N) is 2. The second-order valence-electron chi connectivity index (χ2n) is 6.58. The van der Waals surface area contributed by atoms with Gasteiger partial charge < -0.3 is 15.5 Å². The molecule has 3 atom stereocenters. The maximum Gasteiger partial charge on any atom is 0.223 e. The highest BCUT2D eigenvalue weighted by Crippen LogP contribution is 2.25. The van der Waals surface area contributed by atoms with Crippen molar-refractivity contribution < 1.29 is 4.79 Å². The summed E-state index contributed by atoms with van der Waals surface area (Å²) in [6, 6.07) is 8.30. The third-order valence-corrected chi connectivity index (χ3v) is 4.57. The topological polar surface area (TPSA) is 49.6 Å². The minimum Gasteiger partial charge on any atom is -0.399 e. The maximum absolute atomic E-state index is 12.5. The molecule has 4 heteroatoms.